The SMILES string of the molecule is CC(NC(C)C(F)F)c1nn[nH]n1. The van der Waals surface area contributed by atoms with Crippen LogP contribution in [0.2, 0.25) is 0 Å². The lowest BCUT2D eigenvalue weighted by molar-refractivity contribution is 0.100. The third-order valence-electron chi connectivity index (χ3n) is 1.64. The summed E-state index contributed by atoms with van der Waals surface area (Å²) >= 11 is 0. The van der Waals surface area contributed by atoms with Gasteiger partial charge in [0.1, 0.15) is 0 Å². The molecule has 74 valence electrons. The van der Waals surface area contributed by atoms with Gasteiger partial charge in [0.05, 0.1) is 12.1 Å². The third-order valence-corrected chi connectivity index (χ3v) is 1.64. The predicted molar refractivity (Wildman–Crippen MR) is 41.2 cm³/mol. The molecule has 13 heavy (non-hydrogen) atoms. The van der Waals surface area contributed by atoms with Crippen molar-refractivity contribution in [1.82, 2.24) is 25.9 Å². The second-order valence-corrected chi connectivity index (χ2v) is 2.78. The van der Waals surface area contributed by atoms with Gasteiger partial charge in [-0.25, -0.2) is 8.78 Å². The Kier molecular flexibility index (Phi) is 3.24. The van der Waals surface area contributed by atoms with Crippen molar-refractivity contribution in [2.45, 2.75) is 32.4 Å². The lowest BCUT2D eigenvalue weighted by atomic mass is 10.2. The van der Waals surface area contributed by atoms with E-state index >= 15 is 0 Å². The summed E-state index contributed by atoms with van der Waals surface area (Å²) in [6, 6.07) is -1.21. The number of alkyl halides is 2. The van der Waals surface area contributed by atoms with Crippen molar-refractivity contribution in [3.8, 4) is 0 Å². The maximum atomic E-state index is 12.1. The molecule has 7 heteroatoms. The van der Waals surface area contributed by atoms with Crippen LogP contribution in [-0.4, -0.2) is 33.1 Å². The number of nitrogens with zero attached hydrogens (tertiary/aromatic N) is 3. The molecule has 1 rings (SSSR count). The molecule has 0 spiro atoms. The number of tetrazole rings is 1. The van der Waals surface area contributed by atoms with Gasteiger partial charge in [-0.3, -0.25) is 5.32 Å². The van der Waals surface area contributed by atoms with Crippen molar-refractivity contribution >= 4 is 0 Å². The Morgan fingerprint density at radius 3 is 2.54 bits per heavy atom. The third kappa shape index (κ3) is 2.69. The molecule has 2 atom stereocenters. The van der Waals surface area contributed by atoms with E-state index in [1.54, 1.807) is 6.92 Å². The van der Waals surface area contributed by atoms with Gasteiger partial charge in [-0.1, -0.05) is 5.21 Å². The van der Waals surface area contributed by atoms with E-state index in [1.165, 1.54) is 6.92 Å². The van der Waals surface area contributed by atoms with Gasteiger partial charge in [-0.05, 0) is 13.8 Å². The average Bonchev–Trinajstić information content (AvgIpc) is 2.55. The van der Waals surface area contributed by atoms with E-state index < -0.39 is 12.5 Å². The Morgan fingerprint density at radius 1 is 1.38 bits per heavy atom. The standard InChI is InChI=1S/C6H11F2N5/c1-3(5(7)8)9-4(2)6-10-12-13-11-6/h3-5,9H,1-2H3,(H,10,11,12,13). The molecule has 1 aromatic heterocycles. The van der Waals surface area contributed by atoms with Crippen molar-refractivity contribution < 1.29 is 8.78 Å². The van der Waals surface area contributed by atoms with Crippen molar-refractivity contribution in [2.24, 2.45) is 0 Å². The van der Waals surface area contributed by atoms with Crippen molar-refractivity contribution in [3.05, 3.63) is 5.82 Å². The summed E-state index contributed by atoms with van der Waals surface area (Å²) in [4.78, 5) is 0. The van der Waals surface area contributed by atoms with E-state index in [-0.39, 0.29) is 6.04 Å². The Bertz CT molecular complexity index is 237. The maximum Gasteiger partial charge on any atom is 0.253 e. The molecule has 1 heterocycles. The Balaban J connectivity index is 2.46. The summed E-state index contributed by atoms with van der Waals surface area (Å²) in [7, 11) is 0. The summed E-state index contributed by atoms with van der Waals surface area (Å²) in [5.74, 6) is 0.382. The lowest BCUT2D eigenvalue weighted by Gasteiger charge is -2.16. The quantitative estimate of drug-likeness (QED) is 0.727. The van der Waals surface area contributed by atoms with Gasteiger partial charge in [0, 0.05) is 0 Å². The first-order valence-electron chi connectivity index (χ1n) is 3.88. The first-order valence-corrected chi connectivity index (χ1v) is 3.88. The fourth-order valence-corrected chi connectivity index (χ4v) is 0.895. The molecule has 5 nitrogen and oxygen atoms in total. The Hall–Kier alpha value is -1.11. The molecule has 0 aromatic carbocycles. The average molecular weight is 191 g/mol. The minimum atomic E-state index is -2.39. The number of hydrogen-bond acceptors (Lipinski definition) is 4. The molecule has 2 N–H and O–H groups in total. The van der Waals surface area contributed by atoms with Gasteiger partial charge in [0.15, 0.2) is 5.82 Å². The zero-order valence-electron chi connectivity index (χ0n) is 7.33. The highest BCUT2D eigenvalue weighted by Crippen LogP contribution is 2.08. The minimum Gasteiger partial charge on any atom is -0.300 e. The summed E-state index contributed by atoms with van der Waals surface area (Å²) in [6.45, 7) is 3.10. The molecule has 0 saturated heterocycles. The van der Waals surface area contributed by atoms with Crippen molar-refractivity contribution in [3.63, 3.8) is 0 Å². The van der Waals surface area contributed by atoms with E-state index in [9.17, 15) is 8.78 Å². The number of aromatic amines is 1. The van der Waals surface area contributed by atoms with Crippen LogP contribution in [-0.2, 0) is 0 Å². The highest BCUT2D eigenvalue weighted by atomic mass is 19.3. The van der Waals surface area contributed by atoms with Crippen LogP contribution in [0.5, 0.6) is 0 Å². The van der Waals surface area contributed by atoms with Crippen LogP contribution in [0.3, 0.4) is 0 Å². The van der Waals surface area contributed by atoms with Crippen molar-refractivity contribution in [1.29, 1.82) is 0 Å². The maximum absolute atomic E-state index is 12.1. The molecule has 0 fully saturated rings. The van der Waals surface area contributed by atoms with Crippen LogP contribution in [0.15, 0.2) is 0 Å². The van der Waals surface area contributed by atoms with E-state index in [1.807, 2.05) is 0 Å². The summed E-state index contributed by atoms with van der Waals surface area (Å²) in [5.41, 5.74) is 0. The van der Waals surface area contributed by atoms with Crippen LogP contribution < -0.4 is 5.32 Å². The Labute approximate surface area is 73.9 Å². The second kappa shape index (κ2) is 4.22. The predicted octanol–water partition coefficient (Wildman–Crippen LogP) is 0.504. The number of aromatic nitrogens is 4. The molecular formula is C6H11F2N5. The monoisotopic (exact) mass is 191 g/mol. The van der Waals surface area contributed by atoms with Gasteiger partial charge in [-0.2, -0.15) is 5.21 Å². The molecule has 2 unspecified atom stereocenters. The van der Waals surface area contributed by atoms with E-state index in [4.69, 9.17) is 0 Å². The minimum absolute atomic E-state index is 0.331. The van der Waals surface area contributed by atoms with Crippen LogP contribution in [0, 0.1) is 0 Å². The summed E-state index contributed by atoms with van der Waals surface area (Å²) < 4.78 is 24.2. The van der Waals surface area contributed by atoms with Crippen LogP contribution in [0.1, 0.15) is 25.7 Å². The highest BCUT2D eigenvalue weighted by molar-refractivity contribution is 4.87. The molecule has 0 aliphatic heterocycles. The highest BCUT2D eigenvalue weighted by Gasteiger charge is 2.19. The number of nitrogens with one attached hydrogen (secondary N) is 2. The lowest BCUT2D eigenvalue weighted by Crippen LogP contribution is -2.35. The second-order valence-electron chi connectivity index (χ2n) is 2.78. The molecule has 0 aliphatic carbocycles. The zero-order chi connectivity index (χ0) is 9.84. The molecule has 0 amide bonds. The van der Waals surface area contributed by atoms with Crippen LogP contribution in [0.25, 0.3) is 0 Å². The number of H-pyrrole nitrogens is 1. The smallest absolute Gasteiger partial charge is 0.253 e. The topological polar surface area (TPSA) is 66.5 Å². The van der Waals surface area contributed by atoms with Gasteiger partial charge >= 0.3 is 0 Å². The van der Waals surface area contributed by atoms with E-state index in [2.05, 4.69) is 25.9 Å². The summed E-state index contributed by atoms with van der Waals surface area (Å²) in [5, 5.41) is 15.6. The largest absolute Gasteiger partial charge is 0.300 e. The summed E-state index contributed by atoms with van der Waals surface area (Å²) in [6.07, 6.45) is -2.39. The normalized spacial score (nSPS) is 16.1. The number of hydrogen-bond donors (Lipinski definition) is 2. The first-order chi connectivity index (χ1) is 6.11. The van der Waals surface area contributed by atoms with Gasteiger partial charge in [-0.15, -0.1) is 10.2 Å². The molecule has 0 aliphatic rings. The van der Waals surface area contributed by atoms with Crippen LogP contribution >= 0.6 is 0 Å². The molecule has 1 aromatic rings. The van der Waals surface area contributed by atoms with Gasteiger partial charge < -0.3 is 0 Å². The van der Waals surface area contributed by atoms with E-state index in [0.29, 0.717) is 5.82 Å². The Morgan fingerprint density at radius 2 is 2.08 bits per heavy atom. The van der Waals surface area contributed by atoms with Crippen LogP contribution in [0.4, 0.5) is 8.78 Å². The van der Waals surface area contributed by atoms with Gasteiger partial charge in [0.2, 0.25) is 0 Å². The zero-order valence-corrected chi connectivity index (χ0v) is 7.33. The molecule has 0 radical (unpaired) electrons. The fraction of sp³-hybridized carbons (Fsp3) is 0.833. The number of halogens is 2. The molecule has 0 saturated carbocycles. The molecule has 0 bridgehead atoms. The molecular weight excluding hydrogens is 180 g/mol. The fourth-order valence-electron chi connectivity index (χ4n) is 0.895. The van der Waals surface area contributed by atoms with Gasteiger partial charge in [0.25, 0.3) is 6.43 Å². The number of rotatable bonds is 4. The van der Waals surface area contributed by atoms with Crippen molar-refractivity contribution in [2.75, 3.05) is 0 Å². The van der Waals surface area contributed by atoms with E-state index in [0.717, 1.165) is 0 Å². The first kappa shape index (κ1) is 9.97.